The normalized spacial score (nSPS) is 14.5. The molecule has 0 amide bonds. The quantitative estimate of drug-likeness (QED) is 0.837. The van der Waals surface area contributed by atoms with Gasteiger partial charge in [0, 0.05) is 6.07 Å². The van der Waals surface area contributed by atoms with E-state index in [1.807, 2.05) is 0 Å². The van der Waals surface area contributed by atoms with E-state index in [9.17, 15) is 17.2 Å². The van der Waals surface area contributed by atoms with Crippen LogP contribution in [-0.2, 0) is 10.0 Å². The molecule has 0 atom stereocenters. The minimum atomic E-state index is -3.23. The van der Waals surface area contributed by atoms with Gasteiger partial charge in [0.05, 0.1) is 11.8 Å². The second-order valence-electron chi connectivity index (χ2n) is 4.28. The van der Waals surface area contributed by atoms with E-state index in [0.717, 1.165) is 6.07 Å². The van der Waals surface area contributed by atoms with Crippen molar-refractivity contribution in [3.8, 4) is 17.6 Å². The third-order valence-corrected chi connectivity index (χ3v) is 4.54. The molecule has 7 heteroatoms. The molecule has 2 rings (SSSR count). The predicted molar refractivity (Wildman–Crippen MR) is 69.6 cm³/mol. The molecule has 1 N–H and O–H groups in total. The van der Waals surface area contributed by atoms with Crippen LogP contribution in [0.4, 0.5) is 8.78 Å². The first kappa shape index (κ1) is 14.8. The van der Waals surface area contributed by atoms with Gasteiger partial charge in [-0.05, 0) is 25.0 Å². The molecular weight excluding hydrogens is 288 g/mol. The largest absolute Gasteiger partial charge is 0.478 e. The summed E-state index contributed by atoms with van der Waals surface area (Å²) in [6, 6.07) is 2.96. The lowest BCUT2D eigenvalue weighted by Gasteiger charge is -2.03. The lowest BCUT2D eigenvalue weighted by atomic mass is 10.3. The van der Waals surface area contributed by atoms with Gasteiger partial charge in [0.1, 0.15) is 12.4 Å². The van der Waals surface area contributed by atoms with Crippen LogP contribution in [0.25, 0.3) is 0 Å². The van der Waals surface area contributed by atoms with E-state index in [1.165, 1.54) is 6.07 Å². The summed E-state index contributed by atoms with van der Waals surface area (Å²) in [7, 11) is -3.23. The second-order valence-corrected chi connectivity index (χ2v) is 6.33. The topological polar surface area (TPSA) is 55.4 Å². The molecule has 0 unspecified atom stereocenters. The van der Waals surface area contributed by atoms with Crippen molar-refractivity contribution in [2.45, 2.75) is 18.1 Å². The van der Waals surface area contributed by atoms with Gasteiger partial charge in [0.15, 0.2) is 11.6 Å². The summed E-state index contributed by atoms with van der Waals surface area (Å²) in [6.07, 6.45) is 1.38. The standard InChI is InChI=1S/C13H13F2NO3S/c14-10-3-6-13(12(15)9-10)19-8-2-1-7-16-20(17,18)11-4-5-11/h3,6,9,11,16H,4-5,7-8H2. The zero-order valence-corrected chi connectivity index (χ0v) is 11.3. The van der Waals surface area contributed by atoms with E-state index in [2.05, 4.69) is 16.6 Å². The Bertz CT molecular complexity index is 645. The lowest BCUT2D eigenvalue weighted by Crippen LogP contribution is -2.27. The fraction of sp³-hybridized carbons (Fsp3) is 0.385. The minimum Gasteiger partial charge on any atom is -0.478 e. The van der Waals surface area contributed by atoms with Crippen LogP contribution < -0.4 is 9.46 Å². The van der Waals surface area contributed by atoms with Crippen LogP contribution in [-0.4, -0.2) is 26.8 Å². The van der Waals surface area contributed by atoms with Crippen LogP contribution in [0.5, 0.6) is 5.75 Å². The third-order valence-electron chi connectivity index (χ3n) is 2.64. The van der Waals surface area contributed by atoms with Gasteiger partial charge in [-0.15, -0.1) is 0 Å². The molecule has 1 aromatic rings. The third kappa shape index (κ3) is 4.18. The Morgan fingerprint density at radius 2 is 2.05 bits per heavy atom. The molecule has 1 aliphatic carbocycles. The molecule has 0 radical (unpaired) electrons. The number of sulfonamides is 1. The zero-order valence-electron chi connectivity index (χ0n) is 10.5. The summed E-state index contributed by atoms with van der Waals surface area (Å²) >= 11 is 0. The van der Waals surface area contributed by atoms with Gasteiger partial charge in [0.2, 0.25) is 10.0 Å². The van der Waals surface area contributed by atoms with Crippen molar-refractivity contribution in [1.29, 1.82) is 0 Å². The number of nitrogens with one attached hydrogen (secondary N) is 1. The number of hydrogen-bond acceptors (Lipinski definition) is 3. The SMILES string of the molecule is O=S(=O)(NCC#CCOc1ccc(F)cc1F)C1CC1. The fourth-order valence-electron chi connectivity index (χ4n) is 1.45. The van der Waals surface area contributed by atoms with Crippen molar-refractivity contribution < 1.29 is 21.9 Å². The zero-order chi connectivity index (χ0) is 14.6. The van der Waals surface area contributed by atoms with Crippen molar-refractivity contribution in [2.24, 2.45) is 0 Å². The first-order chi connectivity index (χ1) is 9.49. The monoisotopic (exact) mass is 301 g/mol. The number of hydrogen-bond donors (Lipinski definition) is 1. The van der Waals surface area contributed by atoms with E-state index in [4.69, 9.17) is 4.74 Å². The molecule has 0 saturated heterocycles. The van der Waals surface area contributed by atoms with Gasteiger partial charge in [-0.1, -0.05) is 11.8 Å². The average Bonchev–Trinajstić information content (AvgIpc) is 3.20. The van der Waals surface area contributed by atoms with Gasteiger partial charge in [-0.2, -0.15) is 0 Å². The molecule has 0 spiro atoms. The fourth-order valence-corrected chi connectivity index (χ4v) is 2.72. The summed E-state index contributed by atoms with van der Waals surface area (Å²) in [4.78, 5) is 0. The number of rotatable bonds is 5. The van der Waals surface area contributed by atoms with Crippen molar-refractivity contribution in [2.75, 3.05) is 13.2 Å². The van der Waals surface area contributed by atoms with E-state index < -0.39 is 21.7 Å². The highest BCUT2D eigenvalue weighted by Gasteiger charge is 2.34. The molecule has 0 heterocycles. The molecule has 1 aliphatic rings. The molecule has 0 aliphatic heterocycles. The summed E-state index contributed by atoms with van der Waals surface area (Å²) in [5, 5.41) is -0.283. The molecular formula is C13H13F2NO3S. The summed E-state index contributed by atoms with van der Waals surface area (Å²) in [5.74, 6) is 3.52. The van der Waals surface area contributed by atoms with Crippen molar-refractivity contribution in [1.82, 2.24) is 4.72 Å². The molecule has 0 aromatic heterocycles. The Kier molecular flexibility index (Phi) is 4.57. The highest BCUT2D eigenvalue weighted by Crippen LogP contribution is 2.27. The van der Waals surface area contributed by atoms with Crippen LogP contribution in [0, 0.1) is 23.5 Å². The van der Waals surface area contributed by atoms with Crippen LogP contribution in [0.3, 0.4) is 0 Å². The van der Waals surface area contributed by atoms with E-state index in [1.54, 1.807) is 0 Å². The van der Waals surface area contributed by atoms with E-state index in [-0.39, 0.29) is 24.2 Å². The highest BCUT2D eigenvalue weighted by atomic mass is 32.2. The maximum atomic E-state index is 13.2. The number of ether oxygens (including phenoxy) is 1. The number of benzene rings is 1. The summed E-state index contributed by atoms with van der Waals surface area (Å²) in [5.41, 5.74) is 0. The predicted octanol–water partition coefficient (Wildman–Crippen LogP) is 1.43. The first-order valence-corrected chi connectivity index (χ1v) is 7.56. The molecule has 20 heavy (non-hydrogen) atoms. The Hall–Kier alpha value is -1.65. The molecule has 1 fully saturated rings. The average molecular weight is 301 g/mol. The Labute approximate surface area is 116 Å². The molecule has 1 saturated carbocycles. The molecule has 0 bridgehead atoms. The van der Waals surface area contributed by atoms with Gasteiger partial charge >= 0.3 is 0 Å². The maximum Gasteiger partial charge on any atom is 0.215 e. The first-order valence-electron chi connectivity index (χ1n) is 6.01. The van der Waals surface area contributed by atoms with Gasteiger partial charge in [-0.3, -0.25) is 0 Å². The summed E-state index contributed by atoms with van der Waals surface area (Å²) < 4.78 is 56.0. The lowest BCUT2D eigenvalue weighted by molar-refractivity contribution is 0.346. The van der Waals surface area contributed by atoms with Crippen molar-refractivity contribution in [3.05, 3.63) is 29.8 Å². The van der Waals surface area contributed by atoms with Crippen molar-refractivity contribution >= 4 is 10.0 Å². The van der Waals surface area contributed by atoms with E-state index in [0.29, 0.717) is 18.9 Å². The van der Waals surface area contributed by atoms with Crippen LogP contribution >= 0.6 is 0 Å². The molecule has 4 nitrogen and oxygen atoms in total. The Morgan fingerprint density at radius 1 is 1.30 bits per heavy atom. The van der Waals surface area contributed by atoms with Gasteiger partial charge in [-0.25, -0.2) is 21.9 Å². The number of halogens is 2. The van der Waals surface area contributed by atoms with Gasteiger partial charge in [0.25, 0.3) is 0 Å². The Balaban J connectivity index is 1.74. The second kappa shape index (κ2) is 6.20. The molecule has 108 valence electrons. The van der Waals surface area contributed by atoms with Gasteiger partial charge < -0.3 is 4.74 Å². The smallest absolute Gasteiger partial charge is 0.215 e. The van der Waals surface area contributed by atoms with Crippen LogP contribution in [0.2, 0.25) is 0 Å². The van der Waals surface area contributed by atoms with Crippen LogP contribution in [0.15, 0.2) is 18.2 Å². The Morgan fingerprint density at radius 3 is 2.70 bits per heavy atom. The summed E-state index contributed by atoms with van der Waals surface area (Å²) in [6.45, 7) is -0.109. The molecule has 1 aromatic carbocycles. The minimum absolute atomic E-state index is 0.00586. The maximum absolute atomic E-state index is 13.2. The van der Waals surface area contributed by atoms with Crippen molar-refractivity contribution in [3.63, 3.8) is 0 Å². The van der Waals surface area contributed by atoms with Crippen LogP contribution in [0.1, 0.15) is 12.8 Å². The van der Waals surface area contributed by atoms with E-state index >= 15 is 0 Å². The highest BCUT2D eigenvalue weighted by molar-refractivity contribution is 7.90.